The smallest absolute Gasteiger partial charge is 0.0871 e. The summed E-state index contributed by atoms with van der Waals surface area (Å²) in [4.78, 5) is 0. The lowest BCUT2D eigenvalue weighted by Crippen LogP contribution is -2.26. The summed E-state index contributed by atoms with van der Waals surface area (Å²) >= 11 is 0. The molecule has 2 aromatic carbocycles. The average Bonchev–Trinajstić information content (AvgIpc) is 2.67. The Kier molecular flexibility index (Phi) is 7.06. The van der Waals surface area contributed by atoms with Crippen molar-refractivity contribution in [3.8, 4) is 0 Å². The van der Waals surface area contributed by atoms with Gasteiger partial charge in [-0.2, -0.15) is 0 Å². The molecule has 0 amide bonds. The van der Waals surface area contributed by atoms with Gasteiger partial charge in [0.2, 0.25) is 0 Å². The standard InChI is InChI=1S/C25H36O/c1-7-20(2)19-25(5,22-13-9-8-10-14-22)17-16-21-12-11-15-23(18-21)24(3,4)26-6/h8-15,18,20H,7,16-17,19H2,1-6H3. The molecule has 0 bridgehead atoms. The van der Waals surface area contributed by atoms with Crippen LogP contribution < -0.4 is 0 Å². The lowest BCUT2D eigenvalue weighted by molar-refractivity contribution is 0.0191. The lowest BCUT2D eigenvalue weighted by atomic mass is 9.71. The molecule has 2 unspecified atom stereocenters. The zero-order chi connectivity index (χ0) is 19.2. The summed E-state index contributed by atoms with van der Waals surface area (Å²) in [6.07, 6.45) is 4.73. The molecule has 0 N–H and O–H groups in total. The van der Waals surface area contributed by atoms with E-state index in [2.05, 4.69) is 89.2 Å². The Labute approximate surface area is 160 Å². The molecule has 142 valence electrons. The van der Waals surface area contributed by atoms with Crippen molar-refractivity contribution in [3.05, 3.63) is 71.3 Å². The summed E-state index contributed by atoms with van der Waals surface area (Å²) in [5.74, 6) is 0.735. The van der Waals surface area contributed by atoms with E-state index in [1.807, 2.05) is 0 Å². The van der Waals surface area contributed by atoms with Crippen molar-refractivity contribution < 1.29 is 4.74 Å². The van der Waals surface area contributed by atoms with Gasteiger partial charge in [-0.25, -0.2) is 0 Å². The van der Waals surface area contributed by atoms with Gasteiger partial charge in [-0.1, -0.05) is 81.8 Å². The second kappa shape index (κ2) is 8.86. The molecule has 0 aromatic heterocycles. The van der Waals surface area contributed by atoms with Gasteiger partial charge >= 0.3 is 0 Å². The zero-order valence-electron chi connectivity index (χ0n) is 17.5. The van der Waals surface area contributed by atoms with Gasteiger partial charge in [-0.15, -0.1) is 0 Å². The fraction of sp³-hybridized carbons (Fsp3) is 0.520. The third-order valence-electron chi connectivity index (χ3n) is 6.06. The molecule has 0 heterocycles. The van der Waals surface area contributed by atoms with Gasteiger partial charge in [-0.3, -0.25) is 0 Å². The van der Waals surface area contributed by atoms with Gasteiger partial charge < -0.3 is 4.74 Å². The van der Waals surface area contributed by atoms with E-state index in [0.717, 1.165) is 18.8 Å². The highest BCUT2D eigenvalue weighted by Gasteiger charge is 2.28. The number of ether oxygens (including phenoxy) is 1. The molecular formula is C25H36O. The number of benzene rings is 2. The molecule has 0 radical (unpaired) electrons. The first-order valence-electron chi connectivity index (χ1n) is 10.0. The van der Waals surface area contributed by atoms with Crippen molar-refractivity contribution in [2.45, 2.75) is 71.3 Å². The van der Waals surface area contributed by atoms with Gasteiger partial charge in [0.05, 0.1) is 5.60 Å². The maximum absolute atomic E-state index is 5.66. The highest BCUT2D eigenvalue weighted by molar-refractivity contribution is 5.29. The minimum atomic E-state index is -0.241. The normalized spacial score (nSPS) is 15.5. The highest BCUT2D eigenvalue weighted by atomic mass is 16.5. The van der Waals surface area contributed by atoms with Gasteiger partial charge in [0.25, 0.3) is 0 Å². The van der Waals surface area contributed by atoms with Crippen LogP contribution in [0.5, 0.6) is 0 Å². The van der Waals surface area contributed by atoms with E-state index in [1.165, 1.54) is 29.5 Å². The lowest BCUT2D eigenvalue weighted by Gasteiger charge is -2.33. The van der Waals surface area contributed by atoms with Crippen molar-refractivity contribution in [1.29, 1.82) is 0 Å². The summed E-state index contributed by atoms with van der Waals surface area (Å²) in [5.41, 5.74) is 4.09. The SMILES string of the molecule is CCC(C)CC(C)(CCc1cccc(C(C)(C)OC)c1)c1ccccc1. The van der Waals surface area contributed by atoms with Gasteiger partial charge in [0.15, 0.2) is 0 Å². The van der Waals surface area contributed by atoms with Gasteiger partial charge in [-0.05, 0) is 61.1 Å². The van der Waals surface area contributed by atoms with Crippen LogP contribution in [0, 0.1) is 5.92 Å². The Morgan fingerprint density at radius 3 is 2.19 bits per heavy atom. The Morgan fingerprint density at radius 1 is 0.923 bits per heavy atom. The molecule has 2 aromatic rings. The van der Waals surface area contributed by atoms with E-state index in [1.54, 1.807) is 7.11 Å². The maximum Gasteiger partial charge on any atom is 0.0871 e. The van der Waals surface area contributed by atoms with Crippen LogP contribution in [0.2, 0.25) is 0 Å². The Bertz CT molecular complexity index is 674. The Balaban J connectivity index is 2.21. The number of rotatable bonds is 9. The molecule has 26 heavy (non-hydrogen) atoms. The third-order valence-corrected chi connectivity index (χ3v) is 6.06. The molecule has 2 atom stereocenters. The van der Waals surface area contributed by atoms with Crippen molar-refractivity contribution in [2.75, 3.05) is 7.11 Å². The second-order valence-electron chi connectivity index (χ2n) is 8.56. The molecule has 0 aliphatic rings. The zero-order valence-corrected chi connectivity index (χ0v) is 17.5. The summed E-state index contributed by atoms with van der Waals surface area (Å²) in [6, 6.07) is 20.0. The summed E-state index contributed by atoms with van der Waals surface area (Å²) in [7, 11) is 1.78. The molecule has 1 nitrogen and oxygen atoms in total. The van der Waals surface area contributed by atoms with E-state index in [9.17, 15) is 0 Å². The molecule has 0 saturated heterocycles. The van der Waals surface area contributed by atoms with Crippen molar-refractivity contribution in [2.24, 2.45) is 5.92 Å². The van der Waals surface area contributed by atoms with Crippen LogP contribution >= 0.6 is 0 Å². The first-order valence-corrected chi connectivity index (χ1v) is 10.0. The largest absolute Gasteiger partial charge is 0.374 e. The van der Waals surface area contributed by atoms with Crippen LogP contribution in [-0.2, 0) is 22.2 Å². The molecular weight excluding hydrogens is 316 g/mol. The molecule has 0 aliphatic heterocycles. The first-order chi connectivity index (χ1) is 12.3. The average molecular weight is 353 g/mol. The molecule has 0 saturated carbocycles. The summed E-state index contributed by atoms with van der Waals surface area (Å²) in [6.45, 7) is 11.4. The summed E-state index contributed by atoms with van der Waals surface area (Å²) < 4.78 is 5.66. The van der Waals surface area contributed by atoms with Crippen LogP contribution in [0.3, 0.4) is 0 Å². The number of hydrogen-bond acceptors (Lipinski definition) is 1. The predicted molar refractivity (Wildman–Crippen MR) is 113 cm³/mol. The maximum atomic E-state index is 5.66. The fourth-order valence-corrected chi connectivity index (χ4v) is 3.76. The van der Waals surface area contributed by atoms with Crippen LogP contribution in [0.15, 0.2) is 54.6 Å². The third kappa shape index (κ3) is 5.20. The molecule has 0 spiro atoms. The van der Waals surface area contributed by atoms with Crippen molar-refractivity contribution >= 4 is 0 Å². The number of hydrogen-bond donors (Lipinski definition) is 0. The monoisotopic (exact) mass is 352 g/mol. The van der Waals surface area contributed by atoms with E-state index < -0.39 is 0 Å². The summed E-state index contributed by atoms with van der Waals surface area (Å²) in [5, 5.41) is 0. The van der Waals surface area contributed by atoms with E-state index in [-0.39, 0.29) is 11.0 Å². The van der Waals surface area contributed by atoms with Crippen LogP contribution in [0.4, 0.5) is 0 Å². The second-order valence-corrected chi connectivity index (χ2v) is 8.56. The fourth-order valence-electron chi connectivity index (χ4n) is 3.76. The molecule has 0 fully saturated rings. The van der Waals surface area contributed by atoms with Crippen LogP contribution in [-0.4, -0.2) is 7.11 Å². The predicted octanol–water partition coefficient (Wildman–Crippen LogP) is 6.89. The minimum Gasteiger partial charge on any atom is -0.374 e. The van der Waals surface area contributed by atoms with E-state index >= 15 is 0 Å². The molecule has 2 rings (SSSR count). The van der Waals surface area contributed by atoms with Crippen LogP contribution in [0.1, 0.15) is 70.6 Å². The first kappa shape index (κ1) is 20.7. The van der Waals surface area contributed by atoms with E-state index in [0.29, 0.717) is 0 Å². The Hall–Kier alpha value is -1.60. The minimum absolute atomic E-state index is 0.212. The Morgan fingerprint density at radius 2 is 1.58 bits per heavy atom. The van der Waals surface area contributed by atoms with Crippen LogP contribution in [0.25, 0.3) is 0 Å². The van der Waals surface area contributed by atoms with Crippen molar-refractivity contribution in [1.82, 2.24) is 0 Å². The van der Waals surface area contributed by atoms with Crippen molar-refractivity contribution in [3.63, 3.8) is 0 Å². The quantitative estimate of drug-likeness (QED) is 0.477. The topological polar surface area (TPSA) is 9.23 Å². The molecule has 1 heteroatoms. The van der Waals surface area contributed by atoms with Gasteiger partial charge in [0.1, 0.15) is 0 Å². The van der Waals surface area contributed by atoms with Gasteiger partial charge in [0, 0.05) is 7.11 Å². The number of methoxy groups -OCH3 is 1. The van der Waals surface area contributed by atoms with E-state index in [4.69, 9.17) is 4.74 Å². The number of aryl methyl sites for hydroxylation is 1. The molecule has 0 aliphatic carbocycles. The highest BCUT2D eigenvalue weighted by Crippen LogP contribution is 2.36.